The molecule has 2 aromatic rings. The van der Waals surface area contributed by atoms with Gasteiger partial charge in [-0.25, -0.2) is 9.82 Å². The first-order valence-electron chi connectivity index (χ1n) is 6.46. The topological polar surface area (TPSA) is 70.6 Å². The van der Waals surface area contributed by atoms with E-state index in [4.69, 9.17) is 0 Å². The molecule has 5 nitrogen and oxygen atoms in total. The lowest BCUT2D eigenvalue weighted by Gasteiger charge is -2.04. The number of amides is 2. The first kappa shape index (κ1) is 15.8. The molecule has 0 aliphatic rings. The number of thiophene rings is 1. The van der Waals surface area contributed by atoms with Crippen LogP contribution in [-0.2, 0) is 4.79 Å². The standard InChI is InChI=1S/C15H14FN3O2S/c1-10-6-7-22-13(10)8-18-19-14(20)9-17-15(21)11-4-2-3-5-12(11)16/h2-8H,9H2,1H3,(H,17,21)(H,19,20)/b18-8-. The van der Waals surface area contributed by atoms with Crippen LogP contribution in [0.5, 0.6) is 0 Å². The summed E-state index contributed by atoms with van der Waals surface area (Å²) in [4.78, 5) is 24.2. The number of hydrazone groups is 1. The molecular formula is C15H14FN3O2S. The summed E-state index contributed by atoms with van der Waals surface area (Å²) in [6.07, 6.45) is 1.54. The summed E-state index contributed by atoms with van der Waals surface area (Å²) in [5.41, 5.74) is 3.26. The Morgan fingerprint density at radius 3 is 2.77 bits per heavy atom. The van der Waals surface area contributed by atoms with Gasteiger partial charge in [-0.15, -0.1) is 11.3 Å². The first-order valence-corrected chi connectivity index (χ1v) is 7.34. The minimum atomic E-state index is -0.647. The van der Waals surface area contributed by atoms with Gasteiger partial charge in [-0.05, 0) is 36.1 Å². The predicted molar refractivity (Wildman–Crippen MR) is 83.5 cm³/mol. The van der Waals surface area contributed by atoms with Gasteiger partial charge in [-0.2, -0.15) is 5.10 Å². The van der Waals surface area contributed by atoms with Crippen LogP contribution >= 0.6 is 11.3 Å². The maximum atomic E-state index is 13.4. The third-order valence-corrected chi connectivity index (χ3v) is 3.75. The predicted octanol–water partition coefficient (Wildman–Crippen LogP) is 2.08. The van der Waals surface area contributed by atoms with E-state index >= 15 is 0 Å². The van der Waals surface area contributed by atoms with E-state index in [0.717, 1.165) is 10.4 Å². The molecule has 1 aromatic carbocycles. The van der Waals surface area contributed by atoms with E-state index in [1.165, 1.54) is 35.8 Å². The minimum absolute atomic E-state index is 0.104. The van der Waals surface area contributed by atoms with Gasteiger partial charge in [0.1, 0.15) is 5.82 Å². The molecule has 2 amide bonds. The molecule has 0 saturated heterocycles. The van der Waals surface area contributed by atoms with Gasteiger partial charge in [0.2, 0.25) is 0 Å². The van der Waals surface area contributed by atoms with Gasteiger partial charge in [0.25, 0.3) is 11.8 Å². The molecule has 0 bridgehead atoms. The quantitative estimate of drug-likeness (QED) is 0.654. The van der Waals surface area contributed by atoms with Crippen LogP contribution in [0, 0.1) is 12.7 Å². The van der Waals surface area contributed by atoms with E-state index in [9.17, 15) is 14.0 Å². The highest BCUT2D eigenvalue weighted by Gasteiger charge is 2.11. The van der Waals surface area contributed by atoms with Crippen LogP contribution < -0.4 is 10.7 Å². The zero-order valence-corrected chi connectivity index (χ0v) is 12.6. The van der Waals surface area contributed by atoms with Crippen molar-refractivity contribution >= 4 is 29.4 Å². The second-order valence-electron chi connectivity index (χ2n) is 4.42. The minimum Gasteiger partial charge on any atom is -0.343 e. The maximum absolute atomic E-state index is 13.4. The number of hydrogen-bond donors (Lipinski definition) is 2. The third-order valence-electron chi connectivity index (χ3n) is 2.80. The van der Waals surface area contributed by atoms with Gasteiger partial charge in [-0.1, -0.05) is 12.1 Å². The first-order chi connectivity index (χ1) is 10.6. The van der Waals surface area contributed by atoms with Crippen LogP contribution in [0.15, 0.2) is 40.8 Å². The van der Waals surface area contributed by atoms with Crippen molar-refractivity contribution in [2.24, 2.45) is 5.10 Å². The highest BCUT2D eigenvalue weighted by molar-refractivity contribution is 7.11. The molecule has 7 heteroatoms. The van der Waals surface area contributed by atoms with Crippen LogP contribution in [-0.4, -0.2) is 24.6 Å². The lowest BCUT2D eigenvalue weighted by atomic mass is 10.2. The van der Waals surface area contributed by atoms with Crippen LogP contribution in [0.4, 0.5) is 4.39 Å². The Morgan fingerprint density at radius 1 is 1.32 bits per heavy atom. The van der Waals surface area contributed by atoms with E-state index < -0.39 is 17.6 Å². The smallest absolute Gasteiger partial charge is 0.259 e. The molecule has 0 atom stereocenters. The second-order valence-corrected chi connectivity index (χ2v) is 5.37. The summed E-state index contributed by atoms with van der Waals surface area (Å²) < 4.78 is 13.4. The Kier molecular flexibility index (Phi) is 5.37. The largest absolute Gasteiger partial charge is 0.343 e. The molecule has 0 aliphatic carbocycles. The van der Waals surface area contributed by atoms with E-state index in [2.05, 4.69) is 15.8 Å². The molecule has 0 fully saturated rings. The summed E-state index contributed by atoms with van der Waals surface area (Å²) in [6, 6.07) is 7.51. The number of halogens is 1. The van der Waals surface area contributed by atoms with Crippen LogP contribution in [0.2, 0.25) is 0 Å². The van der Waals surface area contributed by atoms with E-state index in [0.29, 0.717) is 0 Å². The molecule has 1 heterocycles. The molecule has 0 radical (unpaired) electrons. The molecule has 2 N–H and O–H groups in total. The maximum Gasteiger partial charge on any atom is 0.259 e. The molecule has 1 aromatic heterocycles. The van der Waals surface area contributed by atoms with Gasteiger partial charge in [0, 0.05) is 4.88 Å². The Morgan fingerprint density at radius 2 is 2.09 bits per heavy atom. The lowest BCUT2D eigenvalue weighted by Crippen LogP contribution is -2.35. The Bertz CT molecular complexity index is 712. The molecule has 114 valence electrons. The van der Waals surface area contributed by atoms with Crippen molar-refractivity contribution in [2.45, 2.75) is 6.92 Å². The summed E-state index contributed by atoms with van der Waals surface area (Å²) in [5, 5.41) is 8.06. The summed E-state index contributed by atoms with van der Waals surface area (Å²) >= 11 is 1.51. The molecule has 2 rings (SSSR count). The Labute approximate surface area is 130 Å². The average Bonchev–Trinajstić information content (AvgIpc) is 2.91. The van der Waals surface area contributed by atoms with Crippen LogP contribution in [0.1, 0.15) is 20.8 Å². The highest BCUT2D eigenvalue weighted by Crippen LogP contribution is 2.12. The van der Waals surface area contributed by atoms with Gasteiger partial charge < -0.3 is 5.32 Å². The van der Waals surface area contributed by atoms with Gasteiger partial charge >= 0.3 is 0 Å². The van der Waals surface area contributed by atoms with E-state index in [-0.39, 0.29) is 12.1 Å². The number of carbonyl (C=O) groups is 2. The fourth-order valence-electron chi connectivity index (χ4n) is 1.62. The van der Waals surface area contributed by atoms with E-state index in [1.807, 2.05) is 18.4 Å². The highest BCUT2D eigenvalue weighted by atomic mass is 32.1. The number of rotatable bonds is 5. The molecule has 0 aliphatic heterocycles. The van der Waals surface area contributed by atoms with Gasteiger partial charge in [0.15, 0.2) is 0 Å². The molecule has 0 unspecified atom stereocenters. The fourth-order valence-corrected chi connectivity index (χ4v) is 2.41. The van der Waals surface area contributed by atoms with Crippen molar-refractivity contribution in [3.63, 3.8) is 0 Å². The summed E-state index contributed by atoms with van der Waals surface area (Å²) in [6.45, 7) is 1.65. The number of nitrogens with zero attached hydrogens (tertiary/aromatic N) is 1. The zero-order chi connectivity index (χ0) is 15.9. The lowest BCUT2D eigenvalue weighted by molar-refractivity contribution is -0.120. The Hall–Kier alpha value is -2.54. The number of hydrogen-bond acceptors (Lipinski definition) is 4. The number of carbonyl (C=O) groups excluding carboxylic acids is 2. The van der Waals surface area contributed by atoms with Crippen LogP contribution in [0.3, 0.4) is 0 Å². The van der Waals surface area contributed by atoms with Gasteiger partial charge in [-0.3, -0.25) is 9.59 Å². The van der Waals surface area contributed by atoms with Crippen molar-refractivity contribution in [3.05, 3.63) is 57.5 Å². The zero-order valence-electron chi connectivity index (χ0n) is 11.8. The third kappa shape index (κ3) is 4.23. The SMILES string of the molecule is Cc1ccsc1/C=N\NC(=O)CNC(=O)c1ccccc1F. The van der Waals surface area contributed by atoms with Crippen molar-refractivity contribution in [3.8, 4) is 0 Å². The summed E-state index contributed by atoms with van der Waals surface area (Å²) in [7, 11) is 0. The normalized spacial score (nSPS) is 10.6. The number of nitrogens with one attached hydrogen (secondary N) is 2. The number of aryl methyl sites for hydroxylation is 1. The molecule has 22 heavy (non-hydrogen) atoms. The van der Waals surface area contributed by atoms with Gasteiger partial charge in [0.05, 0.1) is 18.3 Å². The van der Waals surface area contributed by atoms with Crippen molar-refractivity contribution in [2.75, 3.05) is 6.54 Å². The molecule has 0 spiro atoms. The summed E-state index contributed by atoms with van der Waals surface area (Å²) in [5.74, 6) is -1.77. The average molecular weight is 319 g/mol. The monoisotopic (exact) mass is 319 g/mol. The fraction of sp³-hybridized carbons (Fsp3) is 0.133. The molecule has 0 saturated carbocycles. The Balaban J connectivity index is 1.81. The van der Waals surface area contributed by atoms with Crippen molar-refractivity contribution in [1.29, 1.82) is 0 Å². The van der Waals surface area contributed by atoms with Crippen molar-refractivity contribution < 1.29 is 14.0 Å². The molecular weight excluding hydrogens is 305 g/mol. The second kappa shape index (κ2) is 7.46. The van der Waals surface area contributed by atoms with Crippen LogP contribution in [0.25, 0.3) is 0 Å². The van der Waals surface area contributed by atoms with Crippen molar-refractivity contribution in [1.82, 2.24) is 10.7 Å². The number of benzene rings is 1. The van der Waals surface area contributed by atoms with E-state index in [1.54, 1.807) is 6.07 Å².